The van der Waals surface area contributed by atoms with E-state index in [9.17, 15) is 4.79 Å². The predicted molar refractivity (Wildman–Crippen MR) is 57.7 cm³/mol. The molecule has 0 spiro atoms. The lowest BCUT2D eigenvalue weighted by atomic mass is 9.87. The van der Waals surface area contributed by atoms with Crippen molar-refractivity contribution in [1.82, 2.24) is 4.90 Å². The molecule has 4 nitrogen and oxygen atoms in total. The second-order valence-electron chi connectivity index (χ2n) is 4.97. The summed E-state index contributed by atoms with van der Waals surface area (Å²) in [6, 6.07) is 0.482. The molecule has 0 saturated heterocycles. The van der Waals surface area contributed by atoms with Crippen molar-refractivity contribution in [2.24, 2.45) is 5.41 Å². The summed E-state index contributed by atoms with van der Waals surface area (Å²) in [6.45, 7) is 4.68. The van der Waals surface area contributed by atoms with Crippen LogP contribution in [0.3, 0.4) is 0 Å². The monoisotopic (exact) mass is 215 g/mol. The number of rotatable bonds is 6. The standard InChI is InChI=1S/C11H21NO3/c1-11(2,10(14)15)8-12(6-7-13)9-4-3-5-9/h9,13H,3-8H2,1-2H3,(H,14,15). The van der Waals surface area contributed by atoms with Crippen LogP contribution in [0.25, 0.3) is 0 Å². The second kappa shape index (κ2) is 4.94. The van der Waals surface area contributed by atoms with Crippen molar-refractivity contribution in [2.45, 2.75) is 39.2 Å². The smallest absolute Gasteiger partial charge is 0.310 e. The minimum atomic E-state index is -0.773. The van der Waals surface area contributed by atoms with E-state index in [1.165, 1.54) is 6.42 Å². The number of aliphatic hydroxyl groups is 1. The largest absolute Gasteiger partial charge is 0.481 e. The first kappa shape index (κ1) is 12.5. The van der Waals surface area contributed by atoms with Gasteiger partial charge in [-0.1, -0.05) is 6.42 Å². The Balaban J connectivity index is 2.53. The molecule has 4 heteroatoms. The maximum atomic E-state index is 11.0. The van der Waals surface area contributed by atoms with Crippen molar-refractivity contribution in [1.29, 1.82) is 0 Å². The summed E-state index contributed by atoms with van der Waals surface area (Å²) in [5, 5.41) is 18.0. The predicted octanol–water partition coefficient (Wildman–Crippen LogP) is 0.944. The Labute approximate surface area is 90.9 Å². The molecule has 0 unspecified atom stereocenters. The number of carboxylic acid groups (broad SMARTS) is 1. The Morgan fingerprint density at radius 2 is 2.07 bits per heavy atom. The zero-order valence-corrected chi connectivity index (χ0v) is 9.57. The van der Waals surface area contributed by atoms with Crippen LogP contribution in [0.2, 0.25) is 0 Å². The van der Waals surface area contributed by atoms with E-state index >= 15 is 0 Å². The maximum absolute atomic E-state index is 11.0. The molecular formula is C11H21NO3. The Morgan fingerprint density at radius 1 is 1.47 bits per heavy atom. The van der Waals surface area contributed by atoms with Crippen molar-refractivity contribution >= 4 is 5.97 Å². The summed E-state index contributed by atoms with van der Waals surface area (Å²) in [7, 11) is 0. The van der Waals surface area contributed by atoms with Crippen LogP contribution >= 0.6 is 0 Å². The van der Waals surface area contributed by atoms with Crippen LogP contribution in [0.5, 0.6) is 0 Å². The molecule has 15 heavy (non-hydrogen) atoms. The van der Waals surface area contributed by atoms with Crippen LogP contribution in [-0.2, 0) is 4.79 Å². The van der Waals surface area contributed by atoms with E-state index in [-0.39, 0.29) is 6.61 Å². The number of hydrogen-bond donors (Lipinski definition) is 2. The normalized spacial score (nSPS) is 17.9. The summed E-state index contributed by atoms with van der Waals surface area (Å²) in [5.41, 5.74) is -0.731. The van der Waals surface area contributed by atoms with Gasteiger partial charge in [-0.2, -0.15) is 0 Å². The number of nitrogens with zero attached hydrogens (tertiary/aromatic N) is 1. The maximum Gasteiger partial charge on any atom is 0.310 e. The summed E-state index contributed by atoms with van der Waals surface area (Å²) in [5.74, 6) is -0.773. The van der Waals surface area contributed by atoms with Gasteiger partial charge in [-0.25, -0.2) is 0 Å². The van der Waals surface area contributed by atoms with Crippen LogP contribution in [0.15, 0.2) is 0 Å². The van der Waals surface area contributed by atoms with E-state index in [2.05, 4.69) is 4.90 Å². The molecule has 0 atom stereocenters. The third-order valence-corrected chi connectivity index (χ3v) is 3.16. The molecule has 0 aliphatic heterocycles. The third kappa shape index (κ3) is 3.18. The fourth-order valence-electron chi connectivity index (χ4n) is 1.85. The van der Waals surface area contributed by atoms with E-state index in [4.69, 9.17) is 10.2 Å². The summed E-state index contributed by atoms with van der Waals surface area (Å²) < 4.78 is 0. The first-order valence-corrected chi connectivity index (χ1v) is 5.55. The molecule has 1 fully saturated rings. The van der Waals surface area contributed by atoms with Gasteiger partial charge in [0.15, 0.2) is 0 Å². The van der Waals surface area contributed by atoms with E-state index in [0.29, 0.717) is 19.1 Å². The zero-order valence-electron chi connectivity index (χ0n) is 9.57. The van der Waals surface area contributed by atoms with Gasteiger partial charge in [0.25, 0.3) is 0 Å². The Hall–Kier alpha value is -0.610. The highest BCUT2D eigenvalue weighted by molar-refractivity contribution is 5.73. The van der Waals surface area contributed by atoms with Crippen LogP contribution in [-0.4, -0.2) is 46.8 Å². The molecule has 1 aliphatic carbocycles. The average molecular weight is 215 g/mol. The SMILES string of the molecule is CC(C)(CN(CCO)C1CCC1)C(=O)O. The van der Waals surface area contributed by atoms with Gasteiger partial charge in [0.2, 0.25) is 0 Å². The van der Waals surface area contributed by atoms with E-state index in [1.807, 2.05) is 0 Å². The fraction of sp³-hybridized carbons (Fsp3) is 0.909. The molecule has 0 aromatic carbocycles. The van der Waals surface area contributed by atoms with E-state index < -0.39 is 11.4 Å². The molecule has 2 N–H and O–H groups in total. The van der Waals surface area contributed by atoms with Crippen LogP contribution in [0, 0.1) is 5.41 Å². The Bertz CT molecular complexity index is 224. The first-order chi connectivity index (χ1) is 6.97. The number of hydrogen-bond acceptors (Lipinski definition) is 3. The highest BCUT2D eigenvalue weighted by atomic mass is 16.4. The highest BCUT2D eigenvalue weighted by Gasteiger charge is 2.34. The molecule has 0 bridgehead atoms. The fourth-order valence-corrected chi connectivity index (χ4v) is 1.85. The number of carboxylic acids is 1. The molecule has 88 valence electrons. The van der Waals surface area contributed by atoms with E-state index in [0.717, 1.165) is 12.8 Å². The summed E-state index contributed by atoms with van der Waals surface area (Å²) >= 11 is 0. The molecule has 0 heterocycles. The van der Waals surface area contributed by atoms with Crippen molar-refractivity contribution < 1.29 is 15.0 Å². The molecule has 0 amide bonds. The van der Waals surface area contributed by atoms with Gasteiger partial charge in [0, 0.05) is 19.1 Å². The zero-order chi connectivity index (χ0) is 11.5. The van der Waals surface area contributed by atoms with Crippen molar-refractivity contribution in [2.75, 3.05) is 19.7 Å². The summed E-state index contributed by atoms with van der Waals surface area (Å²) in [6.07, 6.45) is 3.49. The third-order valence-electron chi connectivity index (χ3n) is 3.16. The van der Waals surface area contributed by atoms with Crippen molar-refractivity contribution in [3.8, 4) is 0 Å². The lowest BCUT2D eigenvalue weighted by Gasteiger charge is -2.40. The lowest BCUT2D eigenvalue weighted by Crippen LogP contribution is -2.48. The van der Waals surface area contributed by atoms with Crippen molar-refractivity contribution in [3.63, 3.8) is 0 Å². The van der Waals surface area contributed by atoms with Crippen LogP contribution in [0.1, 0.15) is 33.1 Å². The van der Waals surface area contributed by atoms with Gasteiger partial charge in [-0.15, -0.1) is 0 Å². The minimum absolute atomic E-state index is 0.103. The van der Waals surface area contributed by atoms with E-state index in [1.54, 1.807) is 13.8 Å². The molecule has 0 radical (unpaired) electrons. The van der Waals surface area contributed by atoms with Gasteiger partial charge in [0.05, 0.1) is 12.0 Å². The van der Waals surface area contributed by atoms with Gasteiger partial charge in [-0.3, -0.25) is 9.69 Å². The van der Waals surface area contributed by atoms with Gasteiger partial charge >= 0.3 is 5.97 Å². The minimum Gasteiger partial charge on any atom is -0.481 e. The topological polar surface area (TPSA) is 60.8 Å². The quantitative estimate of drug-likeness (QED) is 0.692. The molecule has 0 aromatic heterocycles. The average Bonchev–Trinajstić information content (AvgIpc) is 1.99. The Kier molecular flexibility index (Phi) is 4.11. The number of carbonyl (C=O) groups is 1. The molecular weight excluding hydrogens is 194 g/mol. The second-order valence-corrected chi connectivity index (χ2v) is 4.97. The Morgan fingerprint density at radius 3 is 2.40 bits per heavy atom. The number of aliphatic hydroxyl groups excluding tert-OH is 1. The van der Waals surface area contributed by atoms with Gasteiger partial charge in [0.1, 0.15) is 0 Å². The molecule has 1 aliphatic rings. The molecule has 0 aromatic rings. The molecule has 1 rings (SSSR count). The van der Waals surface area contributed by atoms with Gasteiger partial charge < -0.3 is 10.2 Å². The lowest BCUT2D eigenvalue weighted by molar-refractivity contribution is -0.148. The summed E-state index contributed by atoms with van der Waals surface area (Å²) in [4.78, 5) is 13.1. The van der Waals surface area contributed by atoms with Crippen molar-refractivity contribution in [3.05, 3.63) is 0 Å². The first-order valence-electron chi connectivity index (χ1n) is 5.55. The van der Waals surface area contributed by atoms with Crippen LogP contribution < -0.4 is 0 Å². The van der Waals surface area contributed by atoms with Gasteiger partial charge in [-0.05, 0) is 26.7 Å². The number of aliphatic carboxylic acids is 1. The molecule has 1 saturated carbocycles. The highest BCUT2D eigenvalue weighted by Crippen LogP contribution is 2.28. The van der Waals surface area contributed by atoms with Crippen LogP contribution in [0.4, 0.5) is 0 Å².